The average molecular weight is 354 g/mol. The summed E-state index contributed by atoms with van der Waals surface area (Å²) in [6.45, 7) is 2.83. The Morgan fingerprint density at radius 3 is 3.00 bits per heavy atom. The van der Waals surface area contributed by atoms with E-state index < -0.39 is 0 Å². The number of hydrogen-bond donors (Lipinski definition) is 1. The monoisotopic (exact) mass is 354 g/mol. The number of rotatable bonds is 5. The molecule has 2 aromatic rings. The predicted molar refractivity (Wildman–Crippen MR) is 101 cm³/mol. The molecule has 6 nitrogen and oxygen atoms in total. The number of hydrogen-bond acceptors (Lipinski definition) is 6. The lowest BCUT2D eigenvalue weighted by Crippen LogP contribution is -2.44. The van der Waals surface area contributed by atoms with E-state index in [4.69, 9.17) is 9.26 Å². The molecule has 138 valence electrons. The number of nitrogens with one attached hydrogen (secondary N) is 1. The van der Waals surface area contributed by atoms with Crippen molar-refractivity contribution in [3.8, 4) is 5.75 Å². The molecule has 2 aliphatic rings. The molecule has 1 aromatic heterocycles. The molecule has 0 radical (unpaired) electrons. The SMILES string of the molecule is CN1CCNCC1c1noc(/C=C/c2cccc(OC3CCCC3)c2)n1. The largest absolute Gasteiger partial charge is 0.490 e. The van der Waals surface area contributed by atoms with Crippen LogP contribution in [-0.2, 0) is 0 Å². The summed E-state index contributed by atoms with van der Waals surface area (Å²) in [6, 6.07) is 8.31. The molecular formula is C20H26N4O2. The Hall–Kier alpha value is -2.18. The van der Waals surface area contributed by atoms with E-state index in [9.17, 15) is 0 Å². The van der Waals surface area contributed by atoms with E-state index in [1.165, 1.54) is 12.8 Å². The average Bonchev–Trinajstić information content (AvgIpc) is 3.33. The molecule has 1 aromatic carbocycles. The highest BCUT2D eigenvalue weighted by Crippen LogP contribution is 2.25. The molecule has 2 heterocycles. The van der Waals surface area contributed by atoms with E-state index in [0.29, 0.717) is 12.0 Å². The Labute approximate surface area is 154 Å². The van der Waals surface area contributed by atoms with Crippen molar-refractivity contribution in [2.45, 2.75) is 37.8 Å². The van der Waals surface area contributed by atoms with Gasteiger partial charge in [-0.1, -0.05) is 17.3 Å². The van der Waals surface area contributed by atoms with Gasteiger partial charge in [-0.05, 0) is 56.5 Å². The number of likely N-dealkylation sites (N-methyl/N-ethyl adjacent to an activating group) is 1. The lowest BCUT2D eigenvalue weighted by molar-refractivity contribution is 0.190. The first-order valence-corrected chi connectivity index (χ1v) is 9.47. The molecule has 1 N–H and O–H groups in total. The third-order valence-corrected chi connectivity index (χ3v) is 5.15. The van der Waals surface area contributed by atoms with Crippen molar-refractivity contribution in [3.63, 3.8) is 0 Å². The van der Waals surface area contributed by atoms with Crippen molar-refractivity contribution in [2.75, 3.05) is 26.7 Å². The van der Waals surface area contributed by atoms with Crippen LogP contribution >= 0.6 is 0 Å². The normalized spacial score (nSPS) is 22.3. The Balaban J connectivity index is 1.41. The highest BCUT2D eigenvalue weighted by Gasteiger charge is 2.24. The summed E-state index contributed by atoms with van der Waals surface area (Å²) in [4.78, 5) is 6.78. The van der Waals surface area contributed by atoms with Crippen molar-refractivity contribution < 1.29 is 9.26 Å². The Morgan fingerprint density at radius 2 is 2.15 bits per heavy atom. The summed E-state index contributed by atoms with van der Waals surface area (Å²) in [5, 5.41) is 7.52. The van der Waals surface area contributed by atoms with Crippen LogP contribution in [0.3, 0.4) is 0 Å². The summed E-state index contributed by atoms with van der Waals surface area (Å²) < 4.78 is 11.5. The molecule has 1 atom stereocenters. The maximum Gasteiger partial charge on any atom is 0.250 e. The second kappa shape index (κ2) is 8.01. The van der Waals surface area contributed by atoms with Crippen LogP contribution in [0, 0.1) is 0 Å². The molecule has 1 aliphatic carbocycles. The van der Waals surface area contributed by atoms with Crippen LogP contribution in [0.4, 0.5) is 0 Å². The molecule has 1 saturated heterocycles. The summed E-state index contributed by atoms with van der Waals surface area (Å²) in [6.07, 6.45) is 9.09. The highest BCUT2D eigenvalue weighted by molar-refractivity contribution is 5.66. The maximum atomic E-state index is 6.07. The van der Waals surface area contributed by atoms with Gasteiger partial charge in [0, 0.05) is 25.7 Å². The van der Waals surface area contributed by atoms with Crippen molar-refractivity contribution in [1.29, 1.82) is 0 Å². The summed E-state index contributed by atoms with van der Waals surface area (Å²) in [7, 11) is 2.09. The first-order chi connectivity index (χ1) is 12.8. The fourth-order valence-electron chi connectivity index (χ4n) is 3.60. The molecule has 26 heavy (non-hydrogen) atoms. The molecule has 0 bridgehead atoms. The smallest absolute Gasteiger partial charge is 0.250 e. The second-order valence-corrected chi connectivity index (χ2v) is 7.12. The Bertz CT molecular complexity index is 752. The van der Waals surface area contributed by atoms with Gasteiger partial charge < -0.3 is 14.6 Å². The molecule has 6 heteroatoms. The Kier molecular flexibility index (Phi) is 5.32. The van der Waals surface area contributed by atoms with Crippen LogP contribution in [0.25, 0.3) is 12.2 Å². The lowest BCUT2D eigenvalue weighted by Gasteiger charge is -2.30. The zero-order valence-corrected chi connectivity index (χ0v) is 15.2. The number of nitrogens with zero attached hydrogens (tertiary/aromatic N) is 3. The van der Waals surface area contributed by atoms with Crippen LogP contribution < -0.4 is 10.1 Å². The van der Waals surface area contributed by atoms with Gasteiger partial charge in [-0.2, -0.15) is 4.98 Å². The number of benzene rings is 1. The van der Waals surface area contributed by atoms with E-state index in [0.717, 1.165) is 49.6 Å². The second-order valence-electron chi connectivity index (χ2n) is 7.12. The van der Waals surface area contributed by atoms with Gasteiger partial charge in [0.05, 0.1) is 12.1 Å². The number of ether oxygens (including phenoxy) is 1. The lowest BCUT2D eigenvalue weighted by atomic mass is 10.2. The van der Waals surface area contributed by atoms with Crippen LogP contribution in [0.2, 0.25) is 0 Å². The summed E-state index contributed by atoms with van der Waals surface area (Å²) in [5.74, 6) is 2.19. The van der Waals surface area contributed by atoms with E-state index in [-0.39, 0.29) is 6.04 Å². The minimum atomic E-state index is 0.165. The molecule has 1 unspecified atom stereocenters. The molecule has 1 aliphatic heterocycles. The van der Waals surface area contributed by atoms with E-state index in [1.807, 2.05) is 30.4 Å². The molecule has 4 rings (SSSR count). The quantitative estimate of drug-likeness (QED) is 0.890. The molecule has 2 fully saturated rings. The fraction of sp³-hybridized carbons (Fsp3) is 0.500. The standard InChI is InChI=1S/C20H26N4O2/c1-24-12-11-21-14-18(24)20-22-19(26-23-20)10-9-15-5-4-8-17(13-15)25-16-6-2-3-7-16/h4-5,8-10,13,16,18,21H,2-3,6-7,11-12,14H2,1H3/b10-9+. The van der Waals surface area contributed by atoms with E-state index in [1.54, 1.807) is 0 Å². The molecule has 1 saturated carbocycles. The fourth-order valence-corrected chi connectivity index (χ4v) is 3.60. The molecule has 0 spiro atoms. The van der Waals surface area contributed by atoms with Gasteiger partial charge in [-0.25, -0.2) is 0 Å². The van der Waals surface area contributed by atoms with Gasteiger partial charge in [-0.3, -0.25) is 4.90 Å². The van der Waals surface area contributed by atoms with Crippen molar-refractivity contribution in [2.24, 2.45) is 0 Å². The van der Waals surface area contributed by atoms with Crippen molar-refractivity contribution in [3.05, 3.63) is 41.5 Å². The first-order valence-electron chi connectivity index (χ1n) is 9.47. The first kappa shape index (κ1) is 17.2. The zero-order valence-electron chi connectivity index (χ0n) is 15.2. The Morgan fingerprint density at radius 1 is 1.27 bits per heavy atom. The maximum absolute atomic E-state index is 6.07. The van der Waals surface area contributed by atoms with Crippen LogP contribution in [-0.4, -0.2) is 47.8 Å². The zero-order chi connectivity index (χ0) is 17.8. The van der Waals surface area contributed by atoms with Gasteiger partial charge in [0.1, 0.15) is 5.75 Å². The van der Waals surface area contributed by atoms with E-state index in [2.05, 4.69) is 33.5 Å². The van der Waals surface area contributed by atoms with Crippen molar-refractivity contribution >= 4 is 12.2 Å². The minimum Gasteiger partial charge on any atom is -0.490 e. The predicted octanol–water partition coefficient (Wildman–Crippen LogP) is 3.14. The third kappa shape index (κ3) is 4.14. The number of piperazine rings is 1. The topological polar surface area (TPSA) is 63.4 Å². The van der Waals surface area contributed by atoms with Gasteiger partial charge in [0.25, 0.3) is 5.89 Å². The van der Waals surface area contributed by atoms with Crippen LogP contribution in [0.1, 0.15) is 49.0 Å². The summed E-state index contributed by atoms with van der Waals surface area (Å²) in [5.41, 5.74) is 1.07. The van der Waals surface area contributed by atoms with Crippen molar-refractivity contribution in [1.82, 2.24) is 20.4 Å². The molecular weight excluding hydrogens is 328 g/mol. The highest BCUT2D eigenvalue weighted by atomic mass is 16.5. The van der Waals surface area contributed by atoms with Crippen LogP contribution in [0.5, 0.6) is 5.75 Å². The molecule has 0 amide bonds. The van der Waals surface area contributed by atoms with Gasteiger partial charge >= 0.3 is 0 Å². The van der Waals surface area contributed by atoms with E-state index >= 15 is 0 Å². The van der Waals surface area contributed by atoms with Gasteiger partial charge in [0.15, 0.2) is 5.82 Å². The minimum absolute atomic E-state index is 0.165. The number of aromatic nitrogens is 2. The third-order valence-electron chi connectivity index (χ3n) is 5.15. The summed E-state index contributed by atoms with van der Waals surface area (Å²) >= 11 is 0. The van der Waals surface area contributed by atoms with Crippen LogP contribution in [0.15, 0.2) is 28.8 Å². The van der Waals surface area contributed by atoms with Gasteiger partial charge in [-0.15, -0.1) is 0 Å². The van der Waals surface area contributed by atoms with Gasteiger partial charge in [0.2, 0.25) is 0 Å².